The van der Waals surface area contributed by atoms with Gasteiger partial charge in [0.1, 0.15) is 11.5 Å². The molecule has 0 bridgehead atoms. The zero-order valence-corrected chi connectivity index (χ0v) is 8.99. The number of carbonyl (C=O) groups is 1. The molecule has 1 unspecified atom stereocenters. The van der Waals surface area contributed by atoms with E-state index in [0.29, 0.717) is 6.42 Å². The van der Waals surface area contributed by atoms with Gasteiger partial charge in [-0.1, -0.05) is 25.1 Å². The first-order valence-electron chi connectivity index (χ1n) is 5.09. The van der Waals surface area contributed by atoms with E-state index >= 15 is 0 Å². The van der Waals surface area contributed by atoms with Crippen molar-refractivity contribution in [2.45, 2.75) is 19.3 Å². The lowest BCUT2D eigenvalue weighted by Crippen LogP contribution is -2.07. The Hall–Kier alpha value is -1.57. The molecule has 78 valence electrons. The minimum Gasteiger partial charge on any atom is -0.497 e. The van der Waals surface area contributed by atoms with Crippen molar-refractivity contribution in [2.75, 3.05) is 7.11 Å². The average molecular weight is 202 g/mol. The maximum Gasteiger partial charge on any atom is 0.143 e. The Kier molecular flexibility index (Phi) is 2.58. The van der Waals surface area contributed by atoms with Crippen LogP contribution in [0.25, 0.3) is 6.08 Å². The largest absolute Gasteiger partial charge is 0.497 e. The van der Waals surface area contributed by atoms with Crippen LogP contribution < -0.4 is 4.74 Å². The van der Waals surface area contributed by atoms with Gasteiger partial charge in [0.15, 0.2) is 0 Å². The van der Waals surface area contributed by atoms with E-state index in [4.69, 9.17) is 4.74 Å². The maximum atomic E-state index is 11.7. The van der Waals surface area contributed by atoms with Crippen LogP contribution in [0.3, 0.4) is 0 Å². The van der Waals surface area contributed by atoms with Crippen LogP contribution in [0.5, 0.6) is 5.75 Å². The summed E-state index contributed by atoms with van der Waals surface area (Å²) < 4.78 is 5.17. The van der Waals surface area contributed by atoms with Gasteiger partial charge in [-0.25, -0.2) is 0 Å². The second kappa shape index (κ2) is 3.89. The molecular weight excluding hydrogens is 188 g/mol. The van der Waals surface area contributed by atoms with Crippen molar-refractivity contribution < 1.29 is 9.53 Å². The highest BCUT2D eigenvalue weighted by molar-refractivity contribution is 5.90. The Morgan fingerprint density at radius 3 is 2.93 bits per heavy atom. The molecule has 2 rings (SSSR count). The molecule has 0 aromatic heterocycles. The van der Waals surface area contributed by atoms with Gasteiger partial charge < -0.3 is 4.74 Å². The average Bonchev–Trinajstić information content (AvgIpc) is 2.40. The molecule has 0 fully saturated rings. The van der Waals surface area contributed by atoms with Crippen LogP contribution in [0.4, 0.5) is 0 Å². The van der Waals surface area contributed by atoms with Gasteiger partial charge in [0.25, 0.3) is 0 Å². The summed E-state index contributed by atoms with van der Waals surface area (Å²) in [6.07, 6.45) is 4.46. The van der Waals surface area contributed by atoms with Crippen molar-refractivity contribution in [1.29, 1.82) is 0 Å². The Bertz CT molecular complexity index is 419. The number of ether oxygens (including phenoxy) is 1. The molecule has 0 amide bonds. The molecule has 1 aromatic rings. The number of methoxy groups -OCH3 is 1. The summed E-state index contributed by atoms with van der Waals surface area (Å²) >= 11 is 0. The maximum absolute atomic E-state index is 11.7. The monoisotopic (exact) mass is 202 g/mol. The van der Waals surface area contributed by atoms with Crippen LogP contribution >= 0.6 is 0 Å². The molecule has 1 aromatic carbocycles. The third-order valence-corrected chi connectivity index (χ3v) is 2.86. The molecule has 1 atom stereocenters. The lowest BCUT2D eigenvalue weighted by molar-refractivity contribution is -0.119. The van der Waals surface area contributed by atoms with E-state index in [-0.39, 0.29) is 11.7 Å². The summed E-state index contributed by atoms with van der Waals surface area (Å²) in [4.78, 5) is 11.7. The summed E-state index contributed by atoms with van der Waals surface area (Å²) in [6, 6.07) is 5.87. The number of carbonyl (C=O) groups excluding carboxylic acids is 1. The molecule has 0 spiro atoms. The Morgan fingerprint density at radius 1 is 1.40 bits per heavy atom. The summed E-state index contributed by atoms with van der Waals surface area (Å²) in [5.74, 6) is 1.03. The number of ketones is 1. The standard InChI is InChI=1S/C13H14O2/c1-9-12-8-11(15-2)7-6-10(12)4-3-5-13(9)14/h3-4,6-9H,5H2,1-2H3. The quantitative estimate of drug-likeness (QED) is 0.700. The summed E-state index contributed by atoms with van der Waals surface area (Å²) in [7, 11) is 1.64. The van der Waals surface area contributed by atoms with Crippen molar-refractivity contribution in [3.05, 3.63) is 35.4 Å². The highest BCUT2D eigenvalue weighted by Gasteiger charge is 2.19. The van der Waals surface area contributed by atoms with E-state index in [0.717, 1.165) is 16.9 Å². The number of Topliss-reactive ketones (excluding diaryl/α,β-unsaturated/α-hetero) is 1. The Labute approximate surface area is 89.6 Å². The van der Waals surface area contributed by atoms with Gasteiger partial charge in [-0.3, -0.25) is 4.79 Å². The molecule has 15 heavy (non-hydrogen) atoms. The number of hydrogen-bond donors (Lipinski definition) is 0. The van der Waals surface area contributed by atoms with Crippen LogP contribution in [-0.2, 0) is 4.79 Å². The van der Waals surface area contributed by atoms with Crippen LogP contribution in [0.15, 0.2) is 24.3 Å². The van der Waals surface area contributed by atoms with Crippen molar-refractivity contribution in [3.8, 4) is 5.75 Å². The molecular formula is C13H14O2. The predicted octanol–water partition coefficient (Wildman–Crippen LogP) is 2.78. The molecule has 0 N–H and O–H groups in total. The lowest BCUT2D eigenvalue weighted by Gasteiger charge is -2.12. The smallest absolute Gasteiger partial charge is 0.143 e. The van der Waals surface area contributed by atoms with E-state index < -0.39 is 0 Å². The highest BCUT2D eigenvalue weighted by atomic mass is 16.5. The number of fused-ring (bicyclic) bond motifs is 1. The van der Waals surface area contributed by atoms with E-state index in [1.165, 1.54) is 0 Å². The van der Waals surface area contributed by atoms with E-state index in [2.05, 4.69) is 0 Å². The third-order valence-electron chi connectivity index (χ3n) is 2.86. The normalized spacial score (nSPS) is 19.6. The zero-order valence-electron chi connectivity index (χ0n) is 8.99. The fourth-order valence-electron chi connectivity index (χ4n) is 1.86. The first-order chi connectivity index (χ1) is 7.22. The van der Waals surface area contributed by atoms with E-state index in [1.54, 1.807) is 7.11 Å². The van der Waals surface area contributed by atoms with Crippen molar-refractivity contribution in [2.24, 2.45) is 0 Å². The SMILES string of the molecule is COc1ccc2c(c1)C(C)C(=O)CC=C2. The van der Waals surface area contributed by atoms with Crippen molar-refractivity contribution in [1.82, 2.24) is 0 Å². The molecule has 1 aliphatic carbocycles. The number of hydrogen-bond acceptors (Lipinski definition) is 2. The molecule has 2 heteroatoms. The molecule has 2 nitrogen and oxygen atoms in total. The number of benzene rings is 1. The number of allylic oxidation sites excluding steroid dienone is 1. The minimum atomic E-state index is -0.0369. The Balaban J connectivity index is 2.52. The summed E-state index contributed by atoms with van der Waals surface area (Å²) in [6.45, 7) is 1.95. The van der Waals surface area contributed by atoms with E-state index in [9.17, 15) is 4.79 Å². The van der Waals surface area contributed by atoms with Crippen molar-refractivity contribution in [3.63, 3.8) is 0 Å². The fourth-order valence-corrected chi connectivity index (χ4v) is 1.86. The topological polar surface area (TPSA) is 26.3 Å². The Morgan fingerprint density at radius 2 is 2.20 bits per heavy atom. The highest BCUT2D eigenvalue weighted by Crippen LogP contribution is 2.29. The second-order valence-corrected chi connectivity index (χ2v) is 3.79. The first kappa shape index (κ1) is 9.97. The zero-order chi connectivity index (χ0) is 10.8. The molecule has 1 aliphatic rings. The molecule has 0 aliphatic heterocycles. The predicted molar refractivity (Wildman–Crippen MR) is 60.1 cm³/mol. The van der Waals surface area contributed by atoms with Crippen molar-refractivity contribution >= 4 is 11.9 Å². The second-order valence-electron chi connectivity index (χ2n) is 3.79. The lowest BCUT2D eigenvalue weighted by atomic mass is 9.93. The van der Waals surface area contributed by atoms with Gasteiger partial charge >= 0.3 is 0 Å². The van der Waals surface area contributed by atoms with Crippen LogP contribution in [0, 0.1) is 0 Å². The van der Waals surface area contributed by atoms with Gasteiger partial charge in [-0.15, -0.1) is 0 Å². The summed E-state index contributed by atoms with van der Waals surface area (Å²) in [5.41, 5.74) is 2.18. The van der Waals surface area contributed by atoms with Crippen LogP contribution in [0.1, 0.15) is 30.4 Å². The van der Waals surface area contributed by atoms with Gasteiger partial charge in [0.2, 0.25) is 0 Å². The van der Waals surface area contributed by atoms with Gasteiger partial charge in [-0.05, 0) is 23.3 Å². The molecule has 0 saturated heterocycles. The minimum absolute atomic E-state index is 0.0369. The fraction of sp³-hybridized carbons (Fsp3) is 0.308. The number of rotatable bonds is 1. The van der Waals surface area contributed by atoms with Gasteiger partial charge in [-0.2, -0.15) is 0 Å². The van der Waals surface area contributed by atoms with Crippen LogP contribution in [-0.4, -0.2) is 12.9 Å². The van der Waals surface area contributed by atoms with Crippen LogP contribution in [0.2, 0.25) is 0 Å². The first-order valence-corrected chi connectivity index (χ1v) is 5.09. The summed E-state index contributed by atoms with van der Waals surface area (Å²) in [5, 5.41) is 0. The molecule has 0 radical (unpaired) electrons. The molecule has 0 saturated carbocycles. The third kappa shape index (κ3) is 1.80. The van der Waals surface area contributed by atoms with Gasteiger partial charge in [0, 0.05) is 12.3 Å². The van der Waals surface area contributed by atoms with E-state index in [1.807, 2.05) is 37.3 Å². The molecule has 0 heterocycles. The van der Waals surface area contributed by atoms with Gasteiger partial charge in [0.05, 0.1) is 7.11 Å².